The second-order valence-electron chi connectivity index (χ2n) is 6.43. The molecule has 9 heteroatoms. The van der Waals surface area contributed by atoms with Gasteiger partial charge < -0.3 is 4.90 Å². The first kappa shape index (κ1) is 19.3. The Kier molecular flexibility index (Phi) is 5.79. The summed E-state index contributed by atoms with van der Waals surface area (Å²) >= 11 is 3.30. The molecule has 3 atom stereocenters. The van der Waals surface area contributed by atoms with Gasteiger partial charge in [-0.2, -0.15) is 0 Å². The number of hydrogen-bond acceptors (Lipinski definition) is 4. The molecule has 6 nitrogen and oxygen atoms in total. The molecule has 1 aliphatic carbocycles. The van der Waals surface area contributed by atoms with Gasteiger partial charge in [-0.1, -0.05) is 22.9 Å². The van der Waals surface area contributed by atoms with Crippen LogP contribution >= 0.6 is 15.9 Å². The number of nitrogens with one attached hydrogen (secondary N) is 1. The van der Waals surface area contributed by atoms with Crippen molar-refractivity contribution in [2.45, 2.75) is 13.1 Å². The molecule has 0 radical (unpaired) electrons. The van der Waals surface area contributed by atoms with Crippen LogP contribution in [0, 0.1) is 17.7 Å². The van der Waals surface area contributed by atoms with Crippen LogP contribution in [0.15, 0.2) is 41.1 Å². The Labute approximate surface area is 163 Å². The first-order chi connectivity index (χ1) is 12.8. The van der Waals surface area contributed by atoms with Crippen molar-refractivity contribution in [3.05, 3.63) is 52.5 Å². The minimum Gasteiger partial charge on any atom is -0.329 e. The Hall–Kier alpha value is -2.42. The quantitative estimate of drug-likeness (QED) is 0.751. The number of benzene rings is 1. The third kappa shape index (κ3) is 4.85. The molecule has 142 valence electrons. The largest absolute Gasteiger partial charge is 0.329 e. The van der Waals surface area contributed by atoms with Gasteiger partial charge in [-0.05, 0) is 30.2 Å². The van der Waals surface area contributed by atoms with E-state index in [4.69, 9.17) is 0 Å². The third-order valence-electron chi connectivity index (χ3n) is 4.46. The van der Waals surface area contributed by atoms with E-state index in [0.717, 1.165) is 16.9 Å². The summed E-state index contributed by atoms with van der Waals surface area (Å²) in [7, 11) is 0. The van der Waals surface area contributed by atoms with Gasteiger partial charge >= 0.3 is 0 Å². The molecule has 2 unspecified atom stereocenters. The highest BCUT2D eigenvalue weighted by Gasteiger charge is 2.48. The normalized spacial score (nSPS) is 20.8. The number of halogens is 3. The van der Waals surface area contributed by atoms with Crippen LogP contribution < -0.4 is 5.32 Å². The van der Waals surface area contributed by atoms with Gasteiger partial charge in [0, 0.05) is 22.5 Å². The molecule has 3 rings (SSSR count). The minimum absolute atomic E-state index is 0.0689. The summed E-state index contributed by atoms with van der Waals surface area (Å²) in [5.74, 6) is -2.05. The molecule has 27 heavy (non-hydrogen) atoms. The van der Waals surface area contributed by atoms with Gasteiger partial charge in [0.15, 0.2) is 5.82 Å². The fourth-order valence-electron chi connectivity index (χ4n) is 2.72. The number of carbonyl (C=O) groups excluding carboxylic acids is 2. The standard InChI is InChI=1S/C18H17BrF2N4O2/c1-10-14(16(10)21)8-25(17(27)11-2-4-12(19)5-3-11)9-15(26)24-18-22-6-13(20)7-23-18/h2-7,10,14,16H,8-9H2,1H3,(H,22,23,24,26)/t10?,14?,16-/m1/s1. The van der Waals surface area contributed by atoms with Gasteiger partial charge in [0.1, 0.15) is 12.7 Å². The van der Waals surface area contributed by atoms with Crippen LogP contribution in [0.1, 0.15) is 17.3 Å². The van der Waals surface area contributed by atoms with Crippen LogP contribution in [0.25, 0.3) is 0 Å². The highest BCUT2D eigenvalue weighted by atomic mass is 79.9. The molecule has 1 aromatic heterocycles. The van der Waals surface area contributed by atoms with E-state index in [1.165, 1.54) is 4.90 Å². The predicted octanol–water partition coefficient (Wildman–Crippen LogP) is 3.06. The maximum atomic E-state index is 13.7. The van der Waals surface area contributed by atoms with Gasteiger partial charge in [-0.25, -0.2) is 18.7 Å². The molecule has 0 bridgehead atoms. The fourth-order valence-corrected chi connectivity index (χ4v) is 2.99. The monoisotopic (exact) mass is 438 g/mol. The van der Waals surface area contributed by atoms with Crippen molar-refractivity contribution >= 4 is 33.7 Å². The van der Waals surface area contributed by atoms with Crippen molar-refractivity contribution in [3.63, 3.8) is 0 Å². The zero-order chi connectivity index (χ0) is 19.6. The van der Waals surface area contributed by atoms with Gasteiger partial charge in [-0.15, -0.1) is 0 Å². The van der Waals surface area contributed by atoms with Crippen molar-refractivity contribution in [2.24, 2.45) is 11.8 Å². The van der Waals surface area contributed by atoms with Crippen molar-refractivity contribution in [1.82, 2.24) is 14.9 Å². The van der Waals surface area contributed by atoms with E-state index in [0.29, 0.717) is 5.56 Å². The molecule has 0 spiro atoms. The lowest BCUT2D eigenvalue weighted by Gasteiger charge is -2.22. The summed E-state index contributed by atoms with van der Waals surface area (Å²) in [5.41, 5.74) is 0.396. The Balaban J connectivity index is 1.71. The highest BCUT2D eigenvalue weighted by molar-refractivity contribution is 9.10. The van der Waals surface area contributed by atoms with Crippen LogP contribution in [-0.4, -0.2) is 45.9 Å². The van der Waals surface area contributed by atoms with E-state index < -0.39 is 17.9 Å². The van der Waals surface area contributed by atoms with Gasteiger partial charge in [0.2, 0.25) is 11.9 Å². The molecule has 1 aliphatic rings. The lowest BCUT2D eigenvalue weighted by Crippen LogP contribution is -2.40. The van der Waals surface area contributed by atoms with Crippen LogP contribution in [-0.2, 0) is 4.79 Å². The molecule has 0 saturated heterocycles. The second kappa shape index (κ2) is 8.08. The fraction of sp³-hybridized carbons (Fsp3) is 0.333. The number of carbonyl (C=O) groups is 2. The zero-order valence-electron chi connectivity index (χ0n) is 14.4. The Morgan fingerprint density at radius 3 is 2.37 bits per heavy atom. The Morgan fingerprint density at radius 1 is 1.22 bits per heavy atom. The number of rotatable bonds is 6. The van der Waals surface area contributed by atoms with E-state index in [-0.39, 0.29) is 36.8 Å². The maximum Gasteiger partial charge on any atom is 0.254 e. The van der Waals surface area contributed by atoms with Crippen molar-refractivity contribution in [3.8, 4) is 0 Å². The van der Waals surface area contributed by atoms with Gasteiger partial charge in [-0.3, -0.25) is 14.9 Å². The second-order valence-corrected chi connectivity index (χ2v) is 7.35. The predicted molar refractivity (Wildman–Crippen MR) is 98.2 cm³/mol. The summed E-state index contributed by atoms with van der Waals surface area (Å²) < 4.78 is 27.3. The highest BCUT2D eigenvalue weighted by Crippen LogP contribution is 2.42. The molecule has 1 heterocycles. The minimum atomic E-state index is -0.978. The topological polar surface area (TPSA) is 75.2 Å². The summed E-state index contributed by atoms with van der Waals surface area (Å²) in [6.07, 6.45) is 0.869. The lowest BCUT2D eigenvalue weighted by atomic mass is 10.2. The molecule has 0 aliphatic heterocycles. The third-order valence-corrected chi connectivity index (χ3v) is 4.99. The number of nitrogens with zero attached hydrogens (tertiary/aromatic N) is 3. The van der Waals surface area contributed by atoms with E-state index >= 15 is 0 Å². The summed E-state index contributed by atoms with van der Waals surface area (Å²) in [4.78, 5) is 33.7. The van der Waals surface area contributed by atoms with Crippen molar-refractivity contribution < 1.29 is 18.4 Å². The lowest BCUT2D eigenvalue weighted by molar-refractivity contribution is -0.117. The number of amides is 2. The molecule has 1 saturated carbocycles. The molecule has 1 aromatic carbocycles. The first-order valence-corrected chi connectivity index (χ1v) is 9.10. The van der Waals surface area contributed by atoms with Gasteiger partial charge in [0.05, 0.1) is 12.4 Å². The summed E-state index contributed by atoms with van der Waals surface area (Å²) in [6.45, 7) is 1.62. The van der Waals surface area contributed by atoms with Crippen molar-refractivity contribution in [1.29, 1.82) is 0 Å². The first-order valence-electron chi connectivity index (χ1n) is 8.31. The van der Waals surface area contributed by atoms with Crippen LogP contribution in [0.3, 0.4) is 0 Å². The molecule has 1 N–H and O–H groups in total. The number of anilines is 1. The zero-order valence-corrected chi connectivity index (χ0v) is 16.0. The number of alkyl halides is 1. The van der Waals surface area contributed by atoms with E-state index in [1.54, 1.807) is 31.2 Å². The maximum absolute atomic E-state index is 13.7. The molecular formula is C18H17BrF2N4O2. The van der Waals surface area contributed by atoms with E-state index in [2.05, 4.69) is 31.2 Å². The molecule has 1 fully saturated rings. The van der Waals surface area contributed by atoms with E-state index in [1.807, 2.05) is 0 Å². The van der Waals surface area contributed by atoms with Crippen LogP contribution in [0.5, 0.6) is 0 Å². The number of hydrogen-bond donors (Lipinski definition) is 1. The Morgan fingerprint density at radius 2 is 1.81 bits per heavy atom. The smallest absolute Gasteiger partial charge is 0.254 e. The number of aromatic nitrogens is 2. The van der Waals surface area contributed by atoms with E-state index in [9.17, 15) is 18.4 Å². The van der Waals surface area contributed by atoms with Gasteiger partial charge in [0.25, 0.3) is 5.91 Å². The van der Waals surface area contributed by atoms with Crippen LogP contribution in [0.2, 0.25) is 0 Å². The molecule has 2 aromatic rings. The van der Waals surface area contributed by atoms with Crippen LogP contribution in [0.4, 0.5) is 14.7 Å². The summed E-state index contributed by atoms with van der Waals surface area (Å²) in [5, 5.41) is 2.41. The average molecular weight is 439 g/mol. The Bertz CT molecular complexity index is 824. The SMILES string of the molecule is CC1C(CN(CC(=O)Nc2ncc(F)cn2)C(=O)c2ccc(Br)cc2)[C@@H]1F. The summed E-state index contributed by atoms with van der Waals surface area (Å²) in [6, 6.07) is 6.69. The van der Waals surface area contributed by atoms with Crippen molar-refractivity contribution in [2.75, 3.05) is 18.4 Å². The average Bonchev–Trinajstić information content (AvgIpc) is 3.21. The molecule has 2 amide bonds. The molecular weight excluding hydrogens is 422 g/mol.